The number of terminal acetylenes is 1. The number of hydrogen-bond acceptors (Lipinski definition) is 3. The van der Waals surface area contributed by atoms with E-state index in [0.29, 0.717) is 0 Å². The summed E-state index contributed by atoms with van der Waals surface area (Å²) in [4.78, 5) is 11.2. The highest BCUT2D eigenvalue weighted by Gasteiger charge is 2.09. The van der Waals surface area contributed by atoms with Crippen molar-refractivity contribution in [3.8, 4) is 12.3 Å². The van der Waals surface area contributed by atoms with E-state index in [1.54, 1.807) is 0 Å². The van der Waals surface area contributed by atoms with Crippen molar-refractivity contribution in [1.82, 2.24) is 0 Å². The van der Waals surface area contributed by atoms with E-state index in [-0.39, 0.29) is 10.5 Å². The normalized spacial score (nSPS) is 10.6. The summed E-state index contributed by atoms with van der Waals surface area (Å²) in [6, 6.07) is 5.66. The molecule has 1 aromatic rings. The smallest absolute Gasteiger partial charge is 0.235 e. The summed E-state index contributed by atoms with van der Waals surface area (Å²) in [7, 11) is -3.29. The lowest BCUT2D eigenvalue weighted by Crippen LogP contribution is -2.00. The number of hydrogen-bond donors (Lipinski definition) is 0. The molecule has 0 amide bonds. The van der Waals surface area contributed by atoms with Crippen molar-refractivity contribution < 1.29 is 13.2 Å². The van der Waals surface area contributed by atoms with Crippen molar-refractivity contribution in [2.45, 2.75) is 4.90 Å². The molecule has 0 fully saturated rings. The topological polar surface area (TPSA) is 51.2 Å². The third-order valence-corrected chi connectivity index (χ3v) is 2.77. The molecule has 72 valence electrons. The molecule has 3 nitrogen and oxygen atoms in total. The summed E-state index contributed by atoms with van der Waals surface area (Å²) in [6.45, 7) is 0. The maximum absolute atomic E-state index is 11.1. The Labute approximate surface area is 82.7 Å². The van der Waals surface area contributed by atoms with Crippen LogP contribution in [0.5, 0.6) is 0 Å². The molecule has 1 rings (SSSR count). The van der Waals surface area contributed by atoms with E-state index in [1.807, 2.05) is 5.92 Å². The standard InChI is InChI=1S/C10H8O3S/c1-3-10(11)8-5-4-6-9(7-8)14(2,12)13/h1,4-7H,2H3. The van der Waals surface area contributed by atoms with Gasteiger partial charge in [0.05, 0.1) is 4.90 Å². The van der Waals surface area contributed by atoms with Crippen LogP contribution >= 0.6 is 0 Å². The van der Waals surface area contributed by atoms with E-state index in [2.05, 4.69) is 0 Å². The van der Waals surface area contributed by atoms with E-state index >= 15 is 0 Å². The zero-order valence-electron chi connectivity index (χ0n) is 7.52. The first kappa shape index (κ1) is 10.5. The number of benzene rings is 1. The highest BCUT2D eigenvalue weighted by atomic mass is 32.2. The van der Waals surface area contributed by atoms with Gasteiger partial charge in [-0.15, -0.1) is 6.42 Å². The van der Waals surface area contributed by atoms with Gasteiger partial charge in [-0.05, 0) is 18.1 Å². The Morgan fingerprint density at radius 2 is 2.07 bits per heavy atom. The van der Waals surface area contributed by atoms with Crippen LogP contribution in [-0.4, -0.2) is 20.5 Å². The van der Waals surface area contributed by atoms with Gasteiger partial charge in [0.25, 0.3) is 0 Å². The minimum absolute atomic E-state index is 0.0959. The summed E-state index contributed by atoms with van der Waals surface area (Å²) in [5, 5.41) is 0. The van der Waals surface area contributed by atoms with Crippen LogP contribution < -0.4 is 0 Å². The zero-order valence-corrected chi connectivity index (χ0v) is 8.34. The predicted molar refractivity (Wildman–Crippen MR) is 52.7 cm³/mol. The van der Waals surface area contributed by atoms with Gasteiger partial charge < -0.3 is 0 Å². The van der Waals surface area contributed by atoms with Crippen LogP contribution in [0, 0.1) is 12.3 Å². The largest absolute Gasteiger partial charge is 0.279 e. The molecule has 0 N–H and O–H groups in total. The summed E-state index contributed by atoms with van der Waals surface area (Å²) < 4.78 is 22.3. The van der Waals surface area contributed by atoms with Gasteiger partial charge in [0.15, 0.2) is 9.84 Å². The Kier molecular flexibility index (Phi) is 2.73. The van der Waals surface area contributed by atoms with Crippen LogP contribution in [-0.2, 0) is 9.84 Å². The van der Waals surface area contributed by atoms with Crippen molar-refractivity contribution in [2.24, 2.45) is 0 Å². The van der Waals surface area contributed by atoms with Gasteiger partial charge in [-0.1, -0.05) is 12.1 Å². The number of carbonyl (C=O) groups is 1. The molecule has 0 aromatic heterocycles. The first-order valence-corrected chi connectivity index (χ1v) is 5.65. The lowest BCUT2D eigenvalue weighted by molar-refractivity contribution is 0.105. The number of rotatable bonds is 2. The number of Topliss-reactive ketones (excluding diaryl/α,β-unsaturated/α-hetero) is 1. The van der Waals surface area contributed by atoms with Gasteiger partial charge in [0.1, 0.15) is 0 Å². The van der Waals surface area contributed by atoms with E-state index in [9.17, 15) is 13.2 Å². The van der Waals surface area contributed by atoms with Crippen molar-refractivity contribution >= 4 is 15.6 Å². The highest BCUT2D eigenvalue weighted by Crippen LogP contribution is 2.11. The molecule has 4 heteroatoms. The van der Waals surface area contributed by atoms with Gasteiger partial charge in [-0.2, -0.15) is 0 Å². The third-order valence-electron chi connectivity index (χ3n) is 1.66. The first-order chi connectivity index (χ1) is 6.45. The molecule has 0 heterocycles. The molecule has 0 radical (unpaired) electrons. The van der Waals surface area contributed by atoms with Gasteiger partial charge in [-0.3, -0.25) is 4.79 Å². The van der Waals surface area contributed by atoms with Crippen molar-refractivity contribution in [3.05, 3.63) is 29.8 Å². The Morgan fingerprint density at radius 1 is 1.43 bits per heavy atom. The van der Waals surface area contributed by atoms with E-state index < -0.39 is 15.6 Å². The average Bonchev–Trinajstić information content (AvgIpc) is 2.15. The fourth-order valence-electron chi connectivity index (χ4n) is 0.951. The molecule has 0 bridgehead atoms. The Bertz CT molecular complexity index is 506. The zero-order chi connectivity index (χ0) is 10.8. The van der Waals surface area contributed by atoms with Crippen LogP contribution in [0.2, 0.25) is 0 Å². The Balaban J connectivity index is 3.30. The molecule has 0 atom stereocenters. The molecule has 0 aliphatic rings. The highest BCUT2D eigenvalue weighted by molar-refractivity contribution is 7.90. The minimum atomic E-state index is -3.29. The monoisotopic (exact) mass is 208 g/mol. The maximum atomic E-state index is 11.1. The summed E-state index contributed by atoms with van der Waals surface area (Å²) >= 11 is 0. The van der Waals surface area contributed by atoms with Crippen LogP contribution in [0.15, 0.2) is 29.2 Å². The maximum Gasteiger partial charge on any atom is 0.235 e. The van der Waals surface area contributed by atoms with Gasteiger partial charge in [0, 0.05) is 11.8 Å². The van der Waals surface area contributed by atoms with Crippen molar-refractivity contribution in [2.75, 3.05) is 6.26 Å². The predicted octanol–water partition coefficient (Wildman–Crippen LogP) is 0.906. The Morgan fingerprint density at radius 3 is 2.57 bits per heavy atom. The molecule has 0 saturated heterocycles. The molecule has 0 aliphatic carbocycles. The number of ketones is 1. The average molecular weight is 208 g/mol. The number of carbonyl (C=O) groups excluding carboxylic acids is 1. The van der Waals surface area contributed by atoms with Gasteiger partial charge in [0.2, 0.25) is 5.78 Å². The first-order valence-electron chi connectivity index (χ1n) is 3.76. The number of sulfone groups is 1. The third kappa shape index (κ3) is 2.21. The molecule has 1 aromatic carbocycles. The van der Waals surface area contributed by atoms with E-state index in [1.165, 1.54) is 24.3 Å². The lowest BCUT2D eigenvalue weighted by atomic mass is 10.1. The second kappa shape index (κ2) is 3.64. The van der Waals surface area contributed by atoms with E-state index in [4.69, 9.17) is 6.42 Å². The van der Waals surface area contributed by atoms with Crippen molar-refractivity contribution in [3.63, 3.8) is 0 Å². The summed E-state index contributed by atoms with van der Waals surface area (Å²) in [5.74, 6) is 1.41. The minimum Gasteiger partial charge on any atom is -0.279 e. The van der Waals surface area contributed by atoms with E-state index in [0.717, 1.165) is 6.26 Å². The lowest BCUT2D eigenvalue weighted by Gasteiger charge is -1.99. The fourth-order valence-corrected chi connectivity index (χ4v) is 1.62. The molecule has 14 heavy (non-hydrogen) atoms. The van der Waals surface area contributed by atoms with Gasteiger partial charge in [-0.25, -0.2) is 8.42 Å². The Hall–Kier alpha value is -1.60. The van der Waals surface area contributed by atoms with Crippen LogP contribution in [0.4, 0.5) is 0 Å². The van der Waals surface area contributed by atoms with Gasteiger partial charge >= 0.3 is 0 Å². The SMILES string of the molecule is C#CC(=O)c1cccc(S(C)(=O)=O)c1. The molecule has 0 unspecified atom stereocenters. The van der Waals surface area contributed by atoms with Crippen molar-refractivity contribution in [1.29, 1.82) is 0 Å². The van der Waals surface area contributed by atoms with Crippen LogP contribution in [0.1, 0.15) is 10.4 Å². The summed E-state index contributed by atoms with van der Waals surface area (Å²) in [5.41, 5.74) is 0.218. The second-order valence-electron chi connectivity index (χ2n) is 2.77. The summed E-state index contributed by atoms with van der Waals surface area (Å²) in [6.07, 6.45) is 5.99. The van der Waals surface area contributed by atoms with Crippen LogP contribution in [0.25, 0.3) is 0 Å². The second-order valence-corrected chi connectivity index (χ2v) is 4.79. The molecule has 0 aliphatic heterocycles. The molecule has 0 spiro atoms. The molecular weight excluding hydrogens is 200 g/mol. The quantitative estimate of drug-likeness (QED) is 0.412. The fraction of sp³-hybridized carbons (Fsp3) is 0.100. The van der Waals surface area contributed by atoms with Crippen LogP contribution in [0.3, 0.4) is 0 Å². The molecule has 0 saturated carbocycles. The molecular formula is C10H8O3S.